The van der Waals surface area contributed by atoms with Gasteiger partial charge in [-0.3, -0.25) is 4.90 Å². The van der Waals surface area contributed by atoms with Crippen LogP contribution < -0.4 is 0 Å². The summed E-state index contributed by atoms with van der Waals surface area (Å²) in [6, 6.07) is 0. The number of unbranched alkanes of at least 4 members (excludes halogenated alkanes) is 1. The highest BCUT2D eigenvalue weighted by Gasteiger charge is 2.04. The number of aliphatic hydroxyl groups excluding tert-OH is 1. The van der Waals surface area contributed by atoms with Gasteiger partial charge in [0.15, 0.2) is 0 Å². The predicted octanol–water partition coefficient (Wildman–Crippen LogP) is 2.56. The lowest BCUT2D eigenvalue weighted by Crippen LogP contribution is -2.32. The molecule has 0 aromatic heterocycles. The van der Waals surface area contributed by atoms with E-state index in [1.807, 2.05) is 11.8 Å². The molecule has 2 heteroatoms. The highest BCUT2D eigenvalue weighted by molar-refractivity contribution is 4.88. The van der Waals surface area contributed by atoms with Crippen molar-refractivity contribution in [1.29, 1.82) is 0 Å². The molecule has 0 fully saturated rings. The zero-order valence-corrected chi connectivity index (χ0v) is 9.61. The lowest BCUT2D eigenvalue weighted by Gasteiger charge is -2.21. The van der Waals surface area contributed by atoms with Crippen molar-refractivity contribution in [2.45, 2.75) is 39.8 Å². The molecule has 0 bridgehead atoms. The van der Waals surface area contributed by atoms with Crippen molar-refractivity contribution in [1.82, 2.24) is 4.90 Å². The Morgan fingerprint density at radius 1 is 1.21 bits per heavy atom. The number of nitrogens with zero attached hydrogens (tertiary/aromatic N) is 1. The van der Waals surface area contributed by atoms with Crippen molar-refractivity contribution in [3.05, 3.63) is 24.3 Å². The van der Waals surface area contributed by atoms with Gasteiger partial charge in [-0.2, -0.15) is 0 Å². The number of hydrogen-bond acceptors (Lipinski definition) is 2. The van der Waals surface area contributed by atoms with E-state index in [0.717, 1.165) is 25.9 Å². The second-order valence-corrected chi connectivity index (χ2v) is 3.34. The van der Waals surface area contributed by atoms with E-state index in [9.17, 15) is 5.11 Å². The Kier molecular flexibility index (Phi) is 8.59. The van der Waals surface area contributed by atoms with Gasteiger partial charge in [-0.15, -0.1) is 0 Å². The first kappa shape index (κ1) is 13.4. The second kappa shape index (κ2) is 8.97. The van der Waals surface area contributed by atoms with E-state index in [2.05, 4.69) is 31.2 Å². The van der Waals surface area contributed by atoms with E-state index in [1.54, 1.807) is 6.92 Å². The van der Waals surface area contributed by atoms with Crippen LogP contribution in [0.3, 0.4) is 0 Å². The van der Waals surface area contributed by atoms with E-state index >= 15 is 0 Å². The number of likely N-dealkylation sites (N-methyl/N-ethyl adjacent to an activating group) is 1. The standard InChI is InChI=1S/C12H23NO/c1-4-6-7-8-9-10-11-13(5-2)12(3)14/h4,6,9-10,12,14H,5,7-8,11H2,1-3H3/b6-4+,10-9+. The van der Waals surface area contributed by atoms with Crippen LogP contribution in [-0.2, 0) is 0 Å². The number of aliphatic hydroxyl groups is 1. The van der Waals surface area contributed by atoms with Gasteiger partial charge in [0.2, 0.25) is 0 Å². The van der Waals surface area contributed by atoms with E-state index in [0.29, 0.717) is 0 Å². The van der Waals surface area contributed by atoms with Crippen LogP contribution in [0, 0.1) is 0 Å². The molecule has 1 atom stereocenters. The zero-order valence-electron chi connectivity index (χ0n) is 9.61. The molecule has 0 saturated carbocycles. The van der Waals surface area contributed by atoms with Crippen LogP contribution in [0.2, 0.25) is 0 Å². The summed E-state index contributed by atoms with van der Waals surface area (Å²) >= 11 is 0. The fourth-order valence-corrected chi connectivity index (χ4v) is 1.23. The Hall–Kier alpha value is -0.600. The summed E-state index contributed by atoms with van der Waals surface area (Å²) < 4.78 is 0. The molecule has 0 aliphatic rings. The summed E-state index contributed by atoms with van der Waals surface area (Å²) in [7, 11) is 0. The maximum atomic E-state index is 9.33. The lowest BCUT2D eigenvalue weighted by atomic mass is 10.2. The van der Waals surface area contributed by atoms with Gasteiger partial charge in [0, 0.05) is 6.54 Å². The lowest BCUT2D eigenvalue weighted by molar-refractivity contribution is 0.0311. The Balaban J connectivity index is 3.58. The molecule has 1 unspecified atom stereocenters. The van der Waals surface area contributed by atoms with Crippen molar-refractivity contribution >= 4 is 0 Å². The van der Waals surface area contributed by atoms with Crippen molar-refractivity contribution < 1.29 is 5.11 Å². The summed E-state index contributed by atoms with van der Waals surface area (Å²) in [4.78, 5) is 2.01. The fourth-order valence-electron chi connectivity index (χ4n) is 1.23. The Labute approximate surface area is 87.9 Å². The van der Waals surface area contributed by atoms with E-state index in [4.69, 9.17) is 0 Å². The quantitative estimate of drug-likeness (QED) is 0.385. The van der Waals surface area contributed by atoms with Gasteiger partial charge < -0.3 is 5.11 Å². The van der Waals surface area contributed by atoms with Gasteiger partial charge in [0.05, 0.1) is 0 Å². The van der Waals surface area contributed by atoms with Gasteiger partial charge in [-0.1, -0.05) is 31.2 Å². The van der Waals surface area contributed by atoms with Crippen LogP contribution in [0.4, 0.5) is 0 Å². The summed E-state index contributed by atoms with van der Waals surface area (Å²) in [6.45, 7) is 7.62. The Morgan fingerprint density at radius 2 is 1.86 bits per heavy atom. The molecule has 14 heavy (non-hydrogen) atoms. The van der Waals surface area contributed by atoms with Gasteiger partial charge in [0.1, 0.15) is 6.23 Å². The largest absolute Gasteiger partial charge is 0.379 e. The van der Waals surface area contributed by atoms with Gasteiger partial charge in [0.25, 0.3) is 0 Å². The highest BCUT2D eigenvalue weighted by atomic mass is 16.3. The molecule has 1 N–H and O–H groups in total. The monoisotopic (exact) mass is 197 g/mol. The first-order chi connectivity index (χ1) is 6.72. The average molecular weight is 197 g/mol. The van der Waals surface area contributed by atoms with Gasteiger partial charge in [-0.25, -0.2) is 0 Å². The number of hydrogen-bond donors (Lipinski definition) is 1. The third-order valence-electron chi connectivity index (χ3n) is 2.18. The number of rotatable bonds is 7. The van der Waals surface area contributed by atoms with Crippen LogP contribution in [-0.4, -0.2) is 29.3 Å². The molecule has 0 aromatic carbocycles. The molecule has 0 saturated heterocycles. The number of allylic oxidation sites excluding steroid dienone is 3. The Morgan fingerprint density at radius 3 is 2.36 bits per heavy atom. The molecule has 82 valence electrons. The van der Waals surface area contributed by atoms with Crippen LogP contribution >= 0.6 is 0 Å². The Bertz CT molecular complexity index is 173. The highest BCUT2D eigenvalue weighted by Crippen LogP contribution is 1.97. The zero-order chi connectivity index (χ0) is 10.8. The van der Waals surface area contributed by atoms with E-state index in [-0.39, 0.29) is 6.23 Å². The van der Waals surface area contributed by atoms with Gasteiger partial charge in [-0.05, 0) is 33.2 Å². The smallest absolute Gasteiger partial charge is 0.104 e. The summed E-state index contributed by atoms with van der Waals surface area (Å²) in [5.41, 5.74) is 0. The third kappa shape index (κ3) is 6.87. The topological polar surface area (TPSA) is 23.5 Å². The predicted molar refractivity (Wildman–Crippen MR) is 62.1 cm³/mol. The molecule has 0 aliphatic carbocycles. The summed E-state index contributed by atoms with van der Waals surface area (Å²) in [5.74, 6) is 0. The molecule has 2 nitrogen and oxygen atoms in total. The van der Waals surface area contributed by atoms with Crippen LogP contribution in [0.1, 0.15) is 33.6 Å². The van der Waals surface area contributed by atoms with Crippen molar-refractivity contribution in [3.63, 3.8) is 0 Å². The molecule has 0 spiro atoms. The normalized spacial score (nSPS) is 14.6. The van der Waals surface area contributed by atoms with Crippen LogP contribution in [0.15, 0.2) is 24.3 Å². The summed E-state index contributed by atoms with van der Waals surface area (Å²) in [6.07, 6.45) is 10.4. The minimum atomic E-state index is -0.347. The molecule has 0 heterocycles. The average Bonchev–Trinajstić information content (AvgIpc) is 2.16. The van der Waals surface area contributed by atoms with Crippen molar-refractivity contribution in [2.75, 3.05) is 13.1 Å². The van der Waals surface area contributed by atoms with Crippen LogP contribution in [0.5, 0.6) is 0 Å². The van der Waals surface area contributed by atoms with E-state index < -0.39 is 0 Å². The molecule has 0 aliphatic heterocycles. The summed E-state index contributed by atoms with van der Waals surface area (Å²) in [5, 5.41) is 9.33. The molecular formula is C12H23NO. The first-order valence-electron chi connectivity index (χ1n) is 5.40. The SMILES string of the molecule is C/C=C/CC/C=C/CN(CC)C(C)O. The molecule has 0 rings (SSSR count). The maximum absolute atomic E-state index is 9.33. The van der Waals surface area contributed by atoms with Gasteiger partial charge >= 0.3 is 0 Å². The third-order valence-corrected chi connectivity index (χ3v) is 2.18. The van der Waals surface area contributed by atoms with E-state index in [1.165, 1.54) is 0 Å². The molecule has 0 aromatic rings. The second-order valence-electron chi connectivity index (χ2n) is 3.34. The minimum absolute atomic E-state index is 0.347. The maximum Gasteiger partial charge on any atom is 0.104 e. The first-order valence-corrected chi connectivity index (χ1v) is 5.40. The minimum Gasteiger partial charge on any atom is -0.379 e. The molecule has 0 radical (unpaired) electrons. The van der Waals surface area contributed by atoms with Crippen molar-refractivity contribution in [2.24, 2.45) is 0 Å². The molecular weight excluding hydrogens is 174 g/mol. The fraction of sp³-hybridized carbons (Fsp3) is 0.667. The molecule has 0 amide bonds. The van der Waals surface area contributed by atoms with Crippen molar-refractivity contribution in [3.8, 4) is 0 Å². The van der Waals surface area contributed by atoms with Crippen LogP contribution in [0.25, 0.3) is 0 Å².